The summed E-state index contributed by atoms with van der Waals surface area (Å²) in [4.78, 5) is 0. The fourth-order valence-electron chi connectivity index (χ4n) is 1.58. The highest BCUT2D eigenvalue weighted by molar-refractivity contribution is 7.92. The molecule has 0 heterocycles. The molecule has 0 aliphatic carbocycles. The van der Waals surface area contributed by atoms with Gasteiger partial charge in [-0.1, -0.05) is 38.3 Å². The minimum Gasteiger partial charge on any atom is -0.284 e. The summed E-state index contributed by atoms with van der Waals surface area (Å²) in [6.45, 7) is 5.87. The number of anilines is 1. The molecule has 0 aromatic heterocycles. The lowest BCUT2D eigenvalue weighted by Gasteiger charge is -2.08. The molecule has 0 aliphatic rings. The third kappa shape index (κ3) is 5.73. The first-order valence-electron chi connectivity index (χ1n) is 5.96. The monoisotopic (exact) mass is 254 g/mol. The second-order valence-corrected chi connectivity index (χ2v) is 6.02. The summed E-state index contributed by atoms with van der Waals surface area (Å²) in [5.41, 5.74) is 1.39. The van der Waals surface area contributed by atoms with Crippen molar-refractivity contribution < 1.29 is 8.42 Å². The molecular weight excluding hydrogens is 234 g/mol. The Bertz CT molecular complexity index is 440. The van der Waals surface area contributed by atoms with E-state index in [0.29, 0.717) is 12.1 Å². The Labute approximate surface area is 104 Å². The number of nitrogens with one attached hydrogen (secondary N) is 1. The van der Waals surface area contributed by atoms with Gasteiger partial charge >= 0.3 is 0 Å². The van der Waals surface area contributed by atoms with E-state index in [2.05, 4.69) is 18.6 Å². The van der Waals surface area contributed by atoms with Crippen molar-refractivity contribution in [1.82, 2.24) is 0 Å². The zero-order chi connectivity index (χ0) is 12.7. The Morgan fingerprint density at radius 2 is 2.00 bits per heavy atom. The standard InChI is InChI=1S/C13H20NO2S/c1-3-4-5-6-10-17(15,16)14-13-9-7-8-12(2)11-13/h7-9,11,14H,2-6,10H2,1H3. The van der Waals surface area contributed by atoms with Crippen molar-refractivity contribution in [2.75, 3.05) is 10.5 Å². The third-order valence-electron chi connectivity index (χ3n) is 2.47. The molecule has 17 heavy (non-hydrogen) atoms. The first-order chi connectivity index (χ1) is 8.03. The van der Waals surface area contributed by atoms with Crippen LogP contribution in [0.4, 0.5) is 5.69 Å². The Morgan fingerprint density at radius 3 is 2.65 bits per heavy atom. The van der Waals surface area contributed by atoms with Crippen molar-refractivity contribution >= 4 is 15.7 Å². The van der Waals surface area contributed by atoms with Gasteiger partial charge in [0.2, 0.25) is 10.0 Å². The van der Waals surface area contributed by atoms with Crippen molar-refractivity contribution in [3.63, 3.8) is 0 Å². The topological polar surface area (TPSA) is 46.2 Å². The minimum atomic E-state index is -3.21. The molecule has 4 heteroatoms. The van der Waals surface area contributed by atoms with Crippen molar-refractivity contribution in [3.8, 4) is 0 Å². The number of benzene rings is 1. The summed E-state index contributed by atoms with van der Waals surface area (Å²) in [6, 6.07) is 7.08. The van der Waals surface area contributed by atoms with Gasteiger partial charge in [-0.15, -0.1) is 0 Å². The zero-order valence-corrected chi connectivity index (χ0v) is 11.1. The van der Waals surface area contributed by atoms with E-state index in [1.165, 1.54) is 0 Å². The predicted octanol–water partition coefficient (Wildman–Crippen LogP) is 3.19. The van der Waals surface area contributed by atoms with E-state index < -0.39 is 10.0 Å². The molecule has 95 valence electrons. The van der Waals surface area contributed by atoms with Gasteiger partial charge in [0, 0.05) is 5.69 Å². The van der Waals surface area contributed by atoms with Crippen molar-refractivity contribution in [2.24, 2.45) is 0 Å². The van der Waals surface area contributed by atoms with Crippen LogP contribution >= 0.6 is 0 Å². The summed E-state index contributed by atoms with van der Waals surface area (Å²) in [5.74, 6) is 0.189. The predicted molar refractivity (Wildman–Crippen MR) is 72.5 cm³/mol. The van der Waals surface area contributed by atoms with Gasteiger partial charge in [-0.05, 0) is 31.0 Å². The van der Waals surface area contributed by atoms with Crippen LogP contribution in [-0.4, -0.2) is 14.2 Å². The van der Waals surface area contributed by atoms with Crippen LogP contribution in [0.1, 0.15) is 38.2 Å². The van der Waals surface area contributed by atoms with Crippen molar-refractivity contribution in [2.45, 2.75) is 32.6 Å². The van der Waals surface area contributed by atoms with Crippen LogP contribution in [0.25, 0.3) is 0 Å². The van der Waals surface area contributed by atoms with E-state index in [-0.39, 0.29) is 5.75 Å². The smallest absolute Gasteiger partial charge is 0.232 e. The van der Waals surface area contributed by atoms with E-state index in [4.69, 9.17) is 0 Å². The average molecular weight is 254 g/mol. The van der Waals surface area contributed by atoms with Gasteiger partial charge < -0.3 is 0 Å². The molecule has 1 radical (unpaired) electrons. The molecule has 0 amide bonds. The van der Waals surface area contributed by atoms with E-state index >= 15 is 0 Å². The molecule has 0 unspecified atom stereocenters. The van der Waals surface area contributed by atoms with Crippen LogP contribution < -0.4 is 4.72 Å². The number of unbranched alkanes of at least 4 members (excludes halogenated alkanes) is 3. The quantitative estimate of drug-likeness (QED) is 0.760. The van der Waals surface area contributed by atoms with Crippen LogP contribution in [0.15, 0.2) is 24.3 Å². The summed E-state index contributed by atoms with van der Waals surface area (Å²) in [7, 11) is -3.21. The second-order valence-electron chi connectivity index (χ2n) is 4.18. The highest BCUT2D eigenvalue weighted by atomic mass is 32.2. The van der Waals surface area contributed by atoms with Crippen LogP contribution in [0, 0.1) is 6.92 Å². The highest BCUT2D eigenvalue weighted by Gasteiger charge is 2.09. The molecule has 0 saturated carbocycles. The number of rotatable bonds is 7. The summed E-state index contributed by atoms with van der Waals surface area (Å²) >= 11 is 0. The normalized spacial score (nSPS) is 11.4. The second kappa shape index (κ2) is 6.64. The maximum absolute atomic E-state index is 11.7. The molecule has 0 aliphatic heterocycles. The van der Waals surface area contributed by atoms with Gasteiger partial charge in [0.05, 0.1) is 5.75 Å². The molecule has 1 rings (SSSR count). The molecular formula is C13H20NO2S. The molecule has 1 aromatic carbocycles. The van der Waals surface area contributed by atoms with Crippen LogP contribution in [-0.2, 0) is 10.0 Å². The lowest BCUT2D eigenvalue weighted by Crippen LogP contribution is -2.16. The van der Waals surface area contributed by atoms with Gasteiger partial charge in [-0.2, -0.15) is 0 Å². The fourth-order valence-corrected chi connectivity index (χ4v) is 2.76. The van der Waals surface area contributed by atoms with E-state index in [0.717, 1.165) is 24.8 Å². The Hall–Kier alpha value is -1.03. The average Bonchev–Trinajstić information content (AvgIpc) is 2.24. The minimum absolute atomic E-state index is 0.189. The SMILES string of the molecule is [CH2]c1cccc(NS(=O)(=O)CCCCCC)c1. The summed E-state index contributed by atoms with van der Waals surface area (Å²) < 4.78 is 26.1. The largest absolute Gasteiger partial charge is 0.284 e. The lowest BCUT2D eigenvalue weighted by molar-refractivity contribution is 0.594. The summed E-state index contributed by atoms with van der Waals surface area (Å²) in [5, 5.41) is 0. The first-order valence-corrected chi connectivity index (χ1v) is 7.61. The molecule has 0 spiro atoms. The molecule has 0 saturated heterocycles. The number of hydrogen-bond donors (Lipinski definition) is 1. The Morgan fingerprint density at radius 1 is 1.24 bits per heavy atom. The van der Waals surface area contributed by atoms with E-state index in [1.807, 2.05) is 6.07 Å². The molecule has 0 fully saturated rings. The number of sulfonamides is 1. The fraction of sp³-hybridized carbons (Fsp3) is 0.462. The van der Waals surface area contributed by atoms with Gasteiger partial charge in [0.15, 0.2) is 0 Å². The van der Waals surface area contributed by atoms with Crippen LogP contribution in [0.3, 0.4) is 0 Å². The van der Waals surface area contributed by atoms with E-state index in [1.54, 1.807) is 18.2 Å². The van der Waals surface area contributed by atoms with Crippen molar-refractivity contribution in [3.05, 3.63) is 36.8 Å². The maximum atomic E-state index is 11.7. The number of hydrogen-bond acceptors (Lipinski definition) is 2. The lowest BCUT2D eigenvalue weighted by atomic mass is 10.2. The van der Waals surface area contributed by atoms with E-state index in [9.17, 15) is 8.42 Å². The zero-order valence-electron chi connectivity index (χ0n) is 10.3. The third-order valence-corrected chi connectivity index (χ3v) is 3.84. The highest BCUT2D eigenvalue weighted by Crippen LogP contribution is 2.12. The first kappa shape index (κ1) is 14.0. The van der Waals surface area contributed by atoms with Crippen LogP contribution in [0.5, 0.6) is 0 Å². The molecule has 0 atom stereocenters. The van der Waals surface area contributed by atoms with Gasteiger partial charge in [0.1, 0.15) is 0 Å². The summed E-state index contributed by atoms with van der Waals surface area (Å²) in [6.07, 6.45) is 3.88. The molecule has 3 nitrogen and oxygen atoms in total. The molecule has 0 bridgehead atoms. The Kier molecular flexibility index (Phi) is 5.48. The molecule has 1 aromatic rings. The van der Waals surface area contributed by atoms with Crippen LogP contribution in [0.2, 0.25) is 0 Å². The van der Waals surface area contributed by atoms with Gasteiger partial charge in [-0.25, -0.2) is 8.42 Å². The Balaban J connectivity index is 2.49. The van der Waals surface area contributed by atoms with Gasteiger partial charge in [0.25, 0.3) is 0 Å². The van der Waals surface area contributed by atoms with Gasteiger partial charge in [-0.3, -0.25) is 4.72 Å². The molecule has 1 N–H and O–H groups in total. The van der Waals surface area contributed by atoms with Crippen molar-refractivity contribution in [1.29, 1.82) is 0 Å². The maximum Gasteiger partial charge on any atom is 0.232 e.